The van der Waals surface area contributed by atoms with Gasteiger partial charge in [0.05, 0.1) is 18.1 Å². The number of carbonyl (C=O) groups excluding carboxylic acids is 1. The molecule has 0 aromatic heterocycles. The summed E-state index contributed by atoms with van der Waals surface area (Å²) in [6.45, 7) is 5.25. The van der Waals surface area contributed by atoms with Crippen molar-refractivity contribution in [2.24, 2.45) is 0 Å². The molecule has 1 saturated heterocycles. The normalized spacial score (nSPS) is 16.5. The summed E-state index contributed by atoms with van der Waals surface area (Å²) in [4.78, 5) is 12.7. The molecule has 7 heteroatoms. The van der Waals surface area contributed by atoms with Gasteiger partial charge in [-0.2, -0.15) is 4.31 Å². The fourth-order valence-corrected chi connectivity index (χ4v) is 4.43. The van der Waals surface area contributed by atoms with Crippen LogP contribution in [0.2, 0.25) is 0 Å². The summed E-state index contributed by atoms with van der Waals surface area (Å²) >= 11 is 0. The summed E-state index contributed by atoms with van der Waals surface area (Å²) < 4.78 is 37.6. The molecule has 1 heterocycles. The average Bonchev–Trinajstić information content (AvgIpc) is 2.74. The van der Waals surface area contributed by atoms with Crippen LogP contribution >= 0.6 is 0 Å². The van der Waals surface area contributed by atoms with E-state index in [1.165, 1.54) is 22.0 Å². The maximum absolute atomic E-state index is 12.6. The molecule has 0 unspecified atom stereocenters. The molecule has 28 heavy (non-hydrogen) atoms. The van der Waals surface area contributed by atoms with Crippen molar-refractivity contribution in [2.45, 2.75) is 31.3 Å². The molecule has 2 aromatic carbocycles. The molecule has 1 aliphatic heterocycles. The van der Waals surface area contributed by atoms with Crippen molar-refractivity contribution in [3.63, 3.8) is 0 Å². The Bertz CT molecular complexity index is 901. The van der Waals surface area contributed by atoms with E-state index in [2.05, 4.69) is 6.92 Å². The molecule has 0 amide bonds. The van der Waals surface area contributed by atoms with Crippen LogP contribution in [0.5, 0.6) is 5.75 Å². The third kappa shape index (κ3) is 4.60. The van der Waals surface area contributed by atoms with Crippen molar-refractivity contribution in [1.29, 1.82) is 0 Å². The van der Waals surface area contributed by atoms with Crippen molar-refractivity contribution in [3.8, 4) is 5.75 Å². The standard InChI is InChI=1S/C21H25NO5S/c1-3-17-4-6-18(7-5-17)21(23)16(2)27-19-8-10-20(11-9-19)28(24,25)22-12-14-26-15-13-22/h4-11,16H,3,12-15H2,1-2H3/t16-/m0/s1. The number of aryl methyl sites for hydroxylation is 1. The van der Waals surface area contributed by atoms with E-state index in [-0.39, 0.29) is 10.7 Å². The summed E-state index contributed by atoms with van der Waals surface area (Å²) in [5.74, 6) is 0.333. The molecule has 0 saturated carbocycles. The first-order valence-corrected chi connectivity index (χ1v) is 10.8. The SMILES string of the molecule is CCc1ccc(C(=O)[C@H](C)Oc2ccc(S(=O)(=O)N3CCOCC3)cc2)cc1. The predicted molar refractivity (Wildman–Crippen MR) is 106 cm³/mol. The molecule has 0 aliphatic carbocycles. The number of sulfonamides is 1. The lowest BCUT2D eigenvalue weighted by Crippen LogP contribution is -2.40. The van der Waals surface area contributed by atoms with Crippen molar-refractivity contribution in [2.75, 3.05) is 26.3 Å². The molecule has 1 fully saturated rings. The van der Waals surface area contributed by atoms with Gasteiger partial charge in [0, 0.05) is 18.7 Å². The van der Waals surface area contributed by atoms with E-state index in [9.17, 15) is 13.2 Å². The molecule has 0 spiro atoms. The molecule has 6 nitrogen and oxygen atoms in total. The molecular formula is C21H25NO5S. The van der Waals surface area contributed by atoms with Crippen LogP contribution in [-0.4, -0.2) is 50.9 Å². The van der Waals surface area contributed by atoms with Crippen LogP contribution < -0.4 is 4.74 Å². The van der Waals surface area contributed by atoms with Gasteiger partial charge in [0.15, 0.2) is 6.10 Å². The van der Waals surface area contributed by atoms with Crippen LogP contribution in [0.25, 0.3) is 0 Å². The first-order valence-electron chi connectivity index (χ1n) is 9.39. The third-order valence-corrected chi connectivity index (χ3v) is 6.67. The minimum absolute atomic E-state index is 0.118. The zero-order valence-corrected chi connectivity index (χ0v) is 16.9. The summed E-state index contributed by atoms with van der Waals surface area (Å²) in [6.07, 6.45) is 0.245. The Morgan fingerprint density at radius 1 is 1.07 bits per heavy atom. The number of hydrogen-bond acceptors (Lipinski definition) is 5. The molecule has 0 radical (unpaired) electrons. The third-order valence-electron chi connectivity index (χ3n) is 4.76. The Balaban J connectivity index is 1.66. The van der Waals surface area contributed by atoms with Crippen LogP contribution in [-0.2, 0) is 21.2 Å². The minimum Gasteiger partial charge on any atom is -0.483 e. The Kier molecular flexibility index (Phi) is 6.49. The van der Waals surface area contributed by atoms with Gasteiger partial charge in [-0.25, -0.2) is 8.42 Å². The van der Waals surface area contributed by atoms with E-state index < -0.39 is 16.1 Å². The van der Waals surface area contributed by atoms with Crippen LogP contribution in [0.1, 0.15) is 29.8 Å². The number of Topliss-reactive ketones (excluding diaryl/α,β-unsaturated/α-hetero) is 1. The quantitative estimate of drug-likeness (QED) is 0.665. The maximum atomic E-state index is 12.6. The van der Waals surface area contributed by atoms with E-state index >= 15 is 0 Å². The van der Waals surface area contributed by atoms with E-state index in [1.807, 2.05) is 12.1 Å². The van der Waals surface area contributed by atoms with Gasteiger partial charge < -0.3 is 9.47 Å². The molecule has 150 valence electrons. The number of benzene rings is 2. The number of ether oxygens (including phenoxy) is 2. The van der Waals surface area contributed by atoms with Gasteiger partial charge in [-0.1, -0.05) is 31.2 Å². The van der Waals surface area contributed by atoms with E-state index in [4.69, 9.17) is 9.47 Å². The van der Waals surface area contributed by atoms with Gasteiger partial charge in [0.2, 0.25) is 15.8 Å². The number of nitrogens with zero attached hydrogens (tertiary/aromatic N) is 1. The molecule has 0 N–H and O–H groups in total. The largest absolute Gasteiger partial charge is 0.483 e. The van der Waals surface area contributed by atoms with Gasteiger partial charge in [-0.15, -0.1) is 0 Å². The van der Waals surface area contributed by atoms with Crippen LogP contribution in [0.15, 0.2) is 53.4 Å². The van der Waals surface area contributed by atoms with E-state index in [1.54, 1.807) is 31.2 Å². The zero-order valence-electron chi connectivity index (χ0n) is 16.1. The monoisotopic (exact) mass is 403 g/mol. The highest BCUT2D eigenvalue weighted by molar-refractivity contribution is 7.89. The first kappa shape index (κ1) is 20.5. The topological polar surface area (TPSA) is 72.9 Å². The highest BCUT2D eigenvalue weighted by Crippen LogP contribution is 2.22. The van der Waals surface area contributed by atoms with Gasteiger partial charge in [0.25, 0.3) is 0 Å². The maximum Gasteiger partial charge on any atom is 0.243 e. The number of hydrogen-bond donors (Lipinski definition) is 0. The average molecular weight is 404 g/mol. The lowest BCUT2D eigenvalue weighted by molar-refractivity contribution is 0.0730. The second-order valence-corrected chi connectivity index (χ2v) is 8.60. The van der Waals surface area contributed by atoms with Gasteiger partial charge >= 0.3 is 0 Å². The zero-order chi connectivity index (χ0) is 20.1. The molecule has 1 atom stereocenters. The highest BCUT2D eigenvalue weighted by atomic mass is 32.2. The van der Waals surface area contributed by atoms with Crippen LogP contribution in [0, 0.1) is 0 Å². The number of morpholine rings is 1. The Hall–Kier alpha value is -2.22. The molecular weight excluding hydrogens is 378 g/mol. The summed E-state index contributed by atoms with van der Waals surface area (Å²) in [5.41, 5.74) is 1.76. The van der Waals surface area contributed by atoms with Crippen LogP contribution in [0.3, 0.4) is 0 Å². The van der Waals surface area contributed by atoms with Gasteiger partial charge in [-0.05, 0) is 43.2 Å². The Labute approximate surface area is 166 Å². The summed E-state index contributed by atoms with van der Waals surface area (Å²) in [5, 5.41) is 0. The van der Waals surface area contributed by atoms with Gasteiger partial charge in [0.1, 0.15) is 5.75 Å². The molecule has 2 aromatic rings. The first-order chi connectivity index (χ1) is 13.4. The van der Waals surface area contributed by atoms with Crippen LogP contribution in [0.4, 0.5) is 0 Å². The fraction of sp³-hybridized carbons (Fsp3) is 0.381. The molecule has 1 aliphatic rings. The van der Waals surface area contributed by atoms with Crippen molar-refractivity contribution in [1.82, 2.24) is 4.31 Å². The second kappa shape index (κ2) is 8.86. The number of carbonyl (C=O) groups is 1. The van der Waals surface area contributed by atoms with Crippen molar-refractivity contribution >= 4 is 15.8 Å². The minimum atomic E-state index is -3.54. The number of ketones is 1. The lowest BCUT2D eigenvalue weighted by Gasteiger charge is -2.26. The van der Waals surface area contributed by atoms with E-state index in [0.29, 0.717) is 37.6 Å². The van der Waals surface area contributed by atoms with Crippen molar-refractivity contribution < 1.29 is 22.7 Å². The number of rotatable bonds is 7. The predicted octanol–water partition coefficient (Wildman–Crippen LogP) is 2.92. The summed E-state index contributed by atoms with van der Waals surface area (Å²) in [6, 6.07) is 13.7. The molecule has 3 rings (SSSR count). The Morgan fingerprint density at radius 2 is 1.68 bits per heavy atom. The summed E-state index contributed by atoms with van der Waals surface area (Å²) in [7, 11) is -3.54. The highest BCUT2D eigenvalue weighted by Gasteiger charge is 2.26. The Morgan fingerprint density at radius 3 is 2.25 bits per heavy atom. The van der Waals surface area contributed by atoms with Crippen molar-refractivity contribution in [3.05, 3.63) is 59.7 Å². The lowest BCUT2D eigenvalue weighted by atomic mass is 10.0. The fourth-order valence-electron chi connectivity index (χ4n) is 3.02. The molecule has 0 bridgehead atoms. The second-order valence-electron chi connectivity index (χ2n) is 6.66. The van der Waals surface area contributed by atoms with E-state index in [0.717, 1.165) is 6.42 Å². The van der Waals surface area contributed by atoms with Gasteiger partial charge in [-0.3, -0.25) is 4.79 Å². The smallest absolute Gasteiger partial charge is 0.243 e.